The second-order valence-electron chi connectivity index (χ2n) is 4.17. The van der Waals surface area contributed by atoms with Crippen LogP contribution in [0.25, 0.3) is 0 Å². The number of nitrogens with zero attached hydrogens (tertiary/aromatic N) is 1. The van der Waals surface area contributed by atoms with Crippen molar-refractivity contribution in [2.45, 2.75) is 13.0 Å². The summed E-state index contributed by atoms with van der Waals surface area (Å²) in [5, 5.41) is 11.5. The fourth-order valence-electron chi connectivity index (χ4n) is 1.59. The average Bonchev–Trinajstić information content (AvgIpc) is 2.43. The molecule has 0 saturated heterocycles. The number of nitriles is 1. The standard InChI is InChI=1S/C14H18F2N2O2/c1-19-5-6-20-4-2-3-18-10-12-13(15)7-11(9-17)8-14(12)16/h7-8,18H,2-6,10H2,1H3. The lowest BCUT2D eigenvalue weighted by Gasteiger charge is -2.08. The molecule has 6 heteroatoms. The largest absolute Gasteiger partial charge is 0.382 e. The summed E-state index contributed by atoms with van der Waals surface area (Å²) in [5.41, 5.74) is -0.0698. The zero-order chi connectivity index (χ0) is 14.8. The van der Waals surface area contributed by atoms with E-state index in [0.717, 1.165) is 18.6 Å². The number of methoxy groups -OCH3 is 1. The first kappa shape index (κ1) is 16.5. The highest BCUT2D eigenvalue weighted by atomic mass is 19.1. The Labute approximate surface area is 117 Å². The van der Waals surface area contributed by atoms with Gasteiger partial charge in [-0.2, -0.15) is 5.26 Å². The van der Waals surface area contributed by atoms with E-state index in [1.807, 2.05) is 0 Å². The highest BCUT2D eigenvalue weighted by molar-refractivity contribution is 5.34. The number of rotatable bonds is 9. The van der Waals surface area contributed by atoms with Crippen LogP contribution in [0.5, 0.6) is 0 Å². The molecule has 1 rings (SSSR count). The van der Waals surface area contributed by atoms with Crippen molar-refractivity contribution in [2.75, 3.05) is 33.5 Å². The lowest BCUT2D eigenvalue weighted by atomic mass is 10.1. The van der Waals surface area contributed by atoms with Crippen molar-refractivity contribution in [2.24, 2.45) is 0 Å². The molecular weight excluding hydrogens is 266 g/mol. The van der Waals surface area contributed by atoms with Gasteiger partial charge in [-0.1, -0.05) is 0 Å². The van der Waals surface area contributed by atoms with Crippen molar-refractivity contribution in [3.63, 3.8) is 0 Å². The fourth-order valence-corrected chi connectivity index (χ4v) is 1.59. The van der Waals surface area contributed by atoms with Gasteiger partial charge in [-0.15, -0.1) is 0 Å². The third kappa shape index (κ3) is 5.61. The number of hydrogen-bond acceptors (Lipinski definition) is 4. The van der Waals surface area contributed by atoms with E-state index >= 15 is 0 Å². The second-order valence-corrected chi connectivity index (χ2v) is 4.17. The summed E-state index contributed by atoms with van der Waals surface area (Å²) in [6, 6.07) is 3.78. The van der Waals surface area contributed by atoms with Crippen LogP contribution in [0.4, 0.5) is 8.78 Å². The molecule has 0 heterocycles. The smallest absolute Gasteiger partial charge is 0.131 e. The third-order valence-corrected chi connectivity index (χ3v) is 2.65. The van der Waals surface area contributed by atoms with Crippen molar-refractivity contribution in [3.8, 4) is 6.07 Å². The minimum atomic E-state index is -0.703. The van der Waals surface area contributed by atoms with Crippen LogP contribution in [0.3, 0.4) is 0 Å². The van der Waals surface area contributed by atoms with Gasteiger partial charge in [0.05, 0.1) is 24.8 Å². The van der Waals surface area contributed by atoms with Crippen LogP contribution in [0, 0.1) is 23.0 Å². The monoisotopic (exact) mass is 284 g/mol. The van der Waals surface area contributed by atoms with Crippen molar-refractivity contribution >= 4 is 0 Å². The minimum Gasteiger partial charge on any atom is -0.382 e. The molecule has 0 aliphatic heterocycles. The summed E-state index contributed by atoms with van der Waals surface area (Å²) in [4.78, 5) is 0. The number of halogens is 2. The maximum Gasteiger partial charge on any atom is 0.131 e. The molecule has 4 nitrogen and oxygen atoms in total. The van der Waals surface area contributed by atoms with Crippen LogP contribution in [-0.2, 0) is 16.0 Å². The molecule has 0 saturated carbocycles. The van der Waals surface area contributed by atoms with E-state index < -0.39 is 11.6 Å². The molecule has 0 amide bonds. The van der Waals surface area contributed by atoms with Gasteiger partial charge in [-0.05, 0) is 25.1 Å². The lowest BCUT2D eigenvalue weighted by molar-refractivity contribution is 0.0694. The molecule has 0 aliphatic carbocycles. The Kier molecular flexibility index (Phi) is 7.73. The average molecular weight is 284 g/mol. The molecule has 0 aromatic heterocycles. The van der Waals surface area contributed by atoms with Crippen molar-refractivity contribution in [3.05, 3.63) is 34.9 Å². The number of nitrogens with one attached hydrogen (secondary N) is 1. The normalized spacial score (nSPS) is 10.5. The van der Waals surface area contributed by atoms with Crippen LogP contribution in [0.2, 0.25) is 0 Å². The summed E-state index contributed by atoms with van der Waals surface area (Å²) < 4.78 is 37.2. The topological polar surface area (TPSA) is 54.3 Å². The maximum atomic E-state index is 13.5. The van der Waals surface area contributed by atoms with Gasteiger partial charge in [0.1, 0.15) is 11.6 Å². The van der Waals surface area contributed by atoms with E-state index in [1.54, 1.807) is 13.2 Å². The quantitative estimate of drug-likeness (QED) is 0.705. The summed E-state index contributed by atoms with van der Waals surface area (Å²) in [5.74, 6) is -1.41. The zero-order valence-electron chi connectivity index (χ0n) is 11.4. The summed E-state index contributed by atoms with van der Waals surface area (Å²) in [7, 11) is 1.60. The first-order valence-electron chi connectivity index (χ1n) is 6.34. The summed E-state index contributed by atoms with van der Waals surface area (Å²) in [6.07, 6.45) is 0.739. The van der Waals surface area contributed by atoms with Gasteiger partial charge in [0, 0.05) is 25.8 Å². The van der Waals surface area contributed by atoms with Crippen molar-refractivity contribution in [1.82, 2.24) is 5.32 Å². The Morgan fingerprint density at radius 3 is 2.50 bits per heavy atom. The fraction of sp³-hybridized carbons (Fsp3) is 0.500. The Balaban J connectivity index is 2.27. The molecule has 0 radical (unpaired) electrons. The highest BCUT2D eigenvalue weighted by Crippen LogP contribution is 2.14. The molecule has 0 unspecified atom stereocenters. The molecule has 1 aromatic rings. The molecule has 20 heavy (non-hydrogen) atoms. The van der Waals surface area contributed by atoms with Gasteiger partial charge in [-0.25, -0.2) is 8.78 Å². The van der Waals surface area contributed by atoms with Gasteiger partial charge < -0.3 is 14.8 Å². The SMILES string of the molecule is COCCOCCCNCc1c(F)cc(C#N)cc1F. The number of benzene rings is 1. The highest BCUT2D eigenvalue weighted by Gasteiger charge is 2.10. The van der Waals surface area contributed by atoms with E-state index in [-0.39, 0.29) is 17.7 Å². The second kappa shape index (κ2) is 9.37. The van der Waals surface area contributed by atoms with E-state index in [2.05, 4.69) is 5.32 Å². The summed E-state index contributed by atoms with van der Waals surface area (Å²) >= 11 is 0. The number of hydrogen-bond donors (Lipinski definition) is 1. The molecule has 0 fully saturated rings. The molecule has 110 valence electrons. The van der Waals surface area contributed by atoms with Crippen molar-refractivity contribution in [1.29, 1.82) is 5.26 Å². The van der Waals surface area contributed by atoms with Gasteiger partial charge in [0.15, 0.2) is 0 Å². The minimum absolute atomic E-state index is 0.0182. The Morgan fingerprint density at radius 2 is 1.90 bits per heavy atom. The summed E-state index contributed by atoms with van der Waals surface area (Å²) in [6.45, 7) is 2.33. The van der Waals surface area contributed by atoms with E-state index in [0.29, 0.717) is 26.4 Å². The van der Waals surface area contributed by atoms with Crippen LogP contribution in [0.15, 0.2) is 12.1 Å². The Morgan fingerprint density at radius 1 is 1.20 bits per heavy atom. The number of ether oxygens (including phenoxy) is 2. The third-order valence-electron chi connectivity index (χ3n) is 2.65. The molecule has 0 bridgehead atoms. The van der Waals surface area contributed by atoms with Crippen LogP contribution in [-0.4, -0.2) is 33.5 Å². The molecule has 0 spiro atoms. The predicted molar refractivity (Wildman–Crippen MR) is 70.1 cm³/mol. The Hall–Kier alpha value is -1.55. The molecule has 0 aliphatic rings. The van der Waals surface area contributed by atoms with Crippen LogP contribution in [0.1, 0.15) is 17.5 Å². The van der Waals surface area contributed by atoms with Gasteiger partial charge >= 0.3 is 0 Å². The van der Waals surface area contributed by atoms with Gasteiger partial charge in [-0.3, -0.25) is 0 Å². The predicted octanol–water partition coefficient (Wildman–Crippen LogP) is 1.98. The molecule has 1 aromatic carbocycles. The Bertz CT molecular complexity index is 438. The maximum absolute atomic E-state index is 13.5. The molecular formula is C14H18F2N2O2. The first-order chi connectivity index (χ1) is 9.69. The zero-order valence-corrected chi connectivity index (χ0v) is 11.4. The van der Waals surface area contributed by atoms with Gasteiger partial charge in [0.2, 0.25) is 0 Å². The molecule has 1 N–H and O–H groups in total. The van der Waals surface area contributed by atoms with E-state index in [4.69, 9.17) is 14.7 Å². The van der Waals surface area contributed by atoms with E-state index in [1.165, 1.54) is 0 Å². The molecule has 0 atom stereocenters. The first-order valence-corrected chi connectivity index (χ1v) is 6.34. The van der Waals surface area contributed by atoms with Crippen molar-refractivity contribution < 1.29 is 18.3 Å². The van der Waals surface area contributed by atoms with Crippen LogP contribution < -0.4 is 5.32 Å². The van der Waals surface area contributed by atoms with Crippen LogP contribution >= 0.6 is 0 Å². The lowest BCUT2D eigenvalue weighted by Crippen LogP contribution is -2.18. The van der Waals surface area contributed by atoms with E-state index in [9.17, 15) is 8.78 Å². The van der Waals surface area contributed by atoms with Gasteiger partial charge in [0.25, 0.3) is 0 Å².